The molecule has 0 aliphatic rings. The summed E-state index contributed by atoms with van der Waals surface area (Å²) in [5.41, 5.74) is 6.19. The average Bonchev–Trinajstić information content (AvgIpc) is 2.61. The van der Waals surface area contributed by atoms with Crippen LogP contribution in [0.3, 0.4) is 0 Å². The molecule has 0 atom stereocenters. The number of aryl methyl sites for hydroxylation is 2. The fourth-order valence-electron chi connectivity index (χ4n) is 2.30. The topological polar surface area (TPSA) is 34.0 Å². The molecule has 4 heteroatoms. The molecule has 0 spiro atoms. The lowest BCUT2D eigenvalue weighted by Gasteiger charge is -2.07. The molecule has 2 aromatic rings. The Kier molecular flexibility index (Phi) is 4.86. The van der Waals surface area contributed by atoms with E-state index in [1.54, 1.807) is 0 Å². The van der Waals surface area contributed by atoms with E-state index in [2.05, 4.69) is 57.1 Å². The van der Waals surface area contributed by atoms with Gasteiger partial charge in [0.1, 0.15) is 0 Å². The van der Waals surface area contributed by atoms with Crippen LogP contribution in [0.4, 0.5) is 5.69 Å². The highest BCUT2D eigenvalue weighted by molar-refractivity contribution is 14.1. The van der Waals surface area contributed by atoms with Gasteiger partial charge in [-0.3, -0.25) is 7.58 Å². The Bertz CT molecular complexity index is 631. The summed E-state index contributed by atoms with van der Waals surface area (Å²) in [5.74, 6) is -0.0326. The van der Waals surface area contributed by atoms with Crippen LogP contribution < -0.4 is 5.32 Å². The minimum Gasteiger partial charge on any atom is -0.326 e. The molecule has 1 amide bonds. The smallest absolute Gasteiger partial charge is 0.221 e. The largest absolute Gasteiger partial charge is 0.326 e. The van der Waals surface area contributed by atoms with Gasteiger partial charge in [-0.05, 0) is 55.5 Å². The van der Waals surface area contributed by atoms with Gasteiger partial charge in [-0.2, -0.15) is 0 Å². The Morgan fingerprint density at radius 2 is 2.05 bits per heavy atom. The second-order valence-electron chi connectivity index (χ2n) is 5.08. The Hall–Kier alpha value is -1.30. The molecule has 0 radical (unpaired) electrons. The van der Waals surface area contributed by atoms with Crippen LogP contribution in [0.15, 0.2) is 30.5 Å². The van der Waals surface area contributed by atoms with E-state index >= 15 is 0 Å². The molecule has 3 nitrogen and oxygen atoms in total. The Labute approximate surface area is 133 Å². The monoisotopic (exact) mass is 382 g/mol. The number of anilines is 1. The van der Waals surface area contributed by atoms with E-state index in [-0.39, 0.29) is 5.91 Å². The van der Waals surface area contributed by atoms with Crippen molar-refractivity contribution in [2.24, 2.45) is 0 Å². The average molecular weight is 382 g/mol. The van der Waals surface area contributed by atoms with Gasteiger partial charge in [0.05, 0.1) is 22.9 Å². The van der Waals surface area contributed by atoms with Gasteiger partial charge >= 0.3 is 0 Å². The standard InChI is InChI=1S/C16H19IN2O/c1-11-10-19(17)16(12(11)2)8-7-14-5-4-6-15(9-14)18-13(3)20/h4-6,9-10H,7-8H2,1-3H3,(H,18,20). The van der Waals surface area contributed by atoms with E-state index in [0.29, 0.717) is 0 Å². The number of nitrogens with one attached hydrogen (secondary N) is 1. The lowest BCUT2D eigenvalue weighted by Crippen LogP contribution is -2.06. The zero-order valence-corrected chi connectivity index (χ0v) is 14.2. The first kappa shape index (κ1) is 15.1. The Morgan fingerprint density at radius 3 is 2.65 bits per heavy atom. The molecule has 0 aliphatic heterocycles. The number of nitrogens with zero attached hydrogens (tertiary/aromatic N) is 1. The zero-order chi connectivity index (χ0) is 14.7. The lowest BCUT2D eigenvalue weighted by atomic mass is 10.0. The van der Waals surface area contributed by atoms with Crippen molar-refractivity contribution in [3.8, 4) is 0 Å². The van der Waals surface area contributed by atoms with Crippen LogP contribution in [0.2, 0.25) is 0 Å². The number of halogens is 1. The number of carbonyl (C=O) groups excluding carboxylic acids is 1. The normalized spacial score (nSPS) is 10.6. The maximum absolute atomic E-state index is 11.1. The van der Waals surface area contributed by atoms with Crippen molar-refractivity contribution >= 4 is 34.5 Å². The molecule has 1 heterocycles. The summed E-state index contributed by atoms with van der Waals surface area (Å²) in [6.45, 7) is 5.85. The van der Waals surface area contributed by atoms with Crippen LogP contribution >= 0.6 is 22.9 Å². The van der Waals surface area contributed by atoms with Gasteiger partial charge in [0.15, 0.2) is 0 Å². The number of hydrogen-bond acceptors (Lipinski definition) is 1. The first-order chi connectivity index (χ1) is 9.47. The fraction of sp³-hybridized carbons (Fsp3) is 0.312. The molecule has 1 aromatic carbocycles. The van der Waals surface area contributed by atoms with Crippen molar-refractivity contribution in [3.63, 3.8) is 0 Å². The first-order valence-electron chi connectivity index (χ1n) is 6.67. The first-order valence-corrected chi connectivity index (χ1v) is 7.64. The van der Waals surface area contributed by atoms with Gasteiger partial charge in [-0.25, -0.2) is 0 Å². The minimum atomic E-state index is -0.0326. The summed E-state index contributed by atoms with van der Waals surface area (Å²) in [7, 11) is 0. The van der Waals surface area contributed by atoms with Crippen LogP contribution in [-0.4, -0.2) is 8.69 Å². The van der Waals surface area contributed by atoms with Gasteiger partial charge in [-0.1, -0.05) is 12.1 Å². The third-order valence-corrected chi connectivity index (χ3v) is 4.35. The highest BCUT2D eigenvalue weighted by Crippen LogP contribution is 2.21. The van der Waals surface area contributed by atoms with Crippen LogP contribution in [0.1, 0.15) is 29.3 Å². The number of rotatable bonds is 4. The second-order valence-corrected chi connectivity index (χ2v) is 6.12. The molecular weight excluding hydrogens is 363 g/mol. The van der Waals surface area contributed by atoms with Crippen molar-refractivity contribution in [2.45, 2.75) is 33.6 Å². The molecule has 0 unspecified atom stereocenters. The summed E-state index contributed by atoms with van der Waals surface area (Å²) in [5, 5.41) is 2.82. The molecule has 20 heavy (non-hydrogen) atoms. The van der Waals surface area contributed by atoms with Crippen LogP contribution in [0, 0.1) is 13.8 Å². The third-order valence-electron chi connectivity index (χ3n) is 3.49. The van der Waals surface area contributed by atoms with Crippen molar-refractivity contribution in [1.82, 2.24) is 2.78 Å². The number of hydrogen-bond donors (Lipinski definition) is 1. The maximum Gasteiger partial charge on any atom is 0.221 e. The van der Waals surface area contributed by atoms with Crippen molar-refractivity contribution in [3.05, 3.63) is 52.8 Å². The number of benzene rings is 1. The Balaban J connectivity index is 2.09. The molecule has 1 N–H and O–H groups in total. The zero-order valence-electron chi connectivity index (χ0n) is 12.0. The summed E-state index contributed by atoms with van der Waals surface area (Å²) >= 11 is 2.33. The molecule has 0 saturated heterocycles. The predicted octanol–water partition coefficient (Wildman–Crippen LogP) is 4.05. The molecule has 0 saturated carbocycles. The fourth-order valence-corrected chi connectivity index (χ4v) is 3.32. The highest BCUT2D eigenvalue weighted by Gasteiger charge is 2.08. The van der Waals surface area contributed by atoms with E-state index in [1.165, 1.54) is 29.3 Å². The quantitative estimate of drug-likeness (QED) is 0.796. The lowest BCUT2D eigenvalue weighted by molar-refractivity contribution is -0.114. The van der Waals surface area contributed by atoms with E-state index in [4.69, 9.17) is 0 Å². The molecule has 0 fully saturated rings. The second kappa shape index (κ2) is 6.43. The van der Waals surface area contributed by atoms with Crippen LogP contribution in [0.5, 0.6) is 0 Å². The third kappa shape index (κ3) is 3.62. The molecule has 2 rings (SSSR count). The van der Waals surface area contributed by atoms with Crippen molar-refractivity contribution < 1.29 is 4.79 Å². The minimum absolute atomic E-state index is 0.0326. The molecular formula is C16H19IN2O. The van der Waals surface area contributed by atoms with Crippen LogP contribution in [-0.2, 0) is 17.6 Å². The molecule has 1 aromatic heterocycles. The Morgan fingerprint density at radius 1 is 1.30 bits per heavy atom. The number of carbonyl (C=O) groups is 1. The van der Waals surface area contributed by atoms with E-state index in [0.717, 1.165) is 18.5 Å². The molecule has 0 aliphatic carbocycles. The van der Waals surface area contributed by atoms with Gasteiger partial charge < -0.3 is 5.32 Å². The molecule has 0 bridgehead atoms. The van der Waals surface area contributed by atoms with E-state index in [1.807, 2.05) is 18.2 Å². The summed E-state index contributed by atoms with van der Waals surface area (Å²) < 4.78 is 2.18. The van der Waals surface area contributed by atoms with Crippen molar-refractivity contribution in [1.29, 1.82) is 0 Å². The SMILES string of the molecule is CC(=O)Nc1cccc(CCc2c(C)c(C)cn2I)c1. The molecule has 106 valence electrons. The van der Waals surface area contributed by atoms with E-state index in [9.17, 15) is 4.79 Å². The summed E-state index contributed by atoms with van der Waals surface area (Å²) in [4.78, 5) is 11.1. The number of aromatic nitrogens is 1. The van der Waals surface area contributed by atoms with Gasteiger partial charge in [0.25, 0.3) is 0 Å². The van der Waals surface area contributed by atoms with Gasteiger partial charge in [0, 0.05) is 24.5 Å². The summed E-state index contributed by atoms with van der Waals surface area (Å²) in [6, 6.07) is 8.06. The highest BCUT2D eigenvalue weighted by atomic mass is 127. The van der Waals surface area contributed by atoms with Crippen LogP contribution in [0.25, 0.3) is 0 Å². The number of amides is 1. The van der Waals surface area contributed by atoms with Gasteiger partial charge in [-0.15, -0.1) is 0 Å². The van der Waals surface area contributed by atoms with Gasteiger partial charge in [0.2, 0.25) is 5.91 Å². The predicted molar refractivity (Wildman–Crippen MR) is 91.5 cm³/mol. The maximum atomic E-state index is 11.1. The summed E-state index contributed by atoms with van der Waals surface area (Å²) in [6.07, 6.45) is 4.14. The van der Waals surface area contributed by atoms with Crippen molar-refractivity contribution in [2.75, 3.05) is 5.32 Å². The van der Waals surface area contributed by atoms with E-state index < -0.39 is 0 Å².